The Morgan fingerprint density at radius 1 is 1.19 bits per heavy atom. The van der Waals surface area contributed by atoms with Crippen LogP contribution < -0.4 is 10.0 Å². The van der Waals surface area contributed by atoms with E-state index in [1.807, 2.05) is 6.07 Å². The van der Waals surface area contributed by atoms with Crippen LogP contribution in [0.25, 0.3) is 0 Å². The fourth-order valence-electron chi connectivity index (χ4n) is 3.20. The van der Waals surface area contributed by atoms with Crippen molar-refractivity contribution in [3.8, 4) is 0 Å². The molecule has 0 aliphatic rings. The van der Waals surface area contributed by atoms with E-state index in [0.29, 0.717) is 5.56 Å². The van der Waals surface area contributed by atoms with Gasteiger partial charge >= 0.3 is 0 Å². The predicted octanol–water partition coefficient (Wildman–Crippen LogP) is 3.44. The van der Waals surface area contributed by atoms with Crippen LogP contribution in [-0.2, 0) is 27.3 Å². The van der Waals surface area contributed by atoms with Gasteiger partial charge in [-0.15, -0.1) is 0 Å². The standard InChI is InChI=1S/C22H24BrFN4O3S/c1-22(2,17-10-7-11-18(23)20(17)24)21(29)27-19(15-8-5-4-6-9-15)13-26-32(30,31)16-12-25-28(3)14-16/h4-12,14,19,26H,13H2,1-3H3,(H,27,29). The molecule has 2 aromatic carbocycles. The normalized spacial score (nSPS) is 13.0. The first kappa shape index (κ1) is 24.1. The molecule has 2 N–H and O–H groups in total. The van der Waals surface area contributed by atoms with Gasteiger partial charge in [-0.3, -0.25) is 9.48 Å². The Labute approximate surface area is 195 Å². The maximum Gasteiger partial charge on any atom is 0.243 e. The lowest BCUT2D eigenvalue weighted by molar-refractivity contribution is -0.126. The highest BCUT2D eigenvalue weighted by Crippen LogP contribution is 2.30. The molecule has 1 atom stereocenters. The third-order valence-electron chi connectivity index (χ3n) is 5.17. The maximum atomic E-state index is 14.7. The zero-order valence-electron chi connectivity index (χ0n) is 17.8. The summed E-state index contributed by atoms with van der Waals surface area (Å²) in [6.07, 6.45) is 2.63. The third-order valence-corrected chi connectivity index (χ3v) is 7.16. The van der Waals surface area contributed by atoms with Crippen molar-refractivity contribution in [1.29, 1.82) is 0 Å². The number of carbonyl (C=O) groups is 1. The molecule has 0 bridgehead atoms. The predicted molar refractivity (Wildman–Crippen MR) is 123 cm³/mol. The van der Waals surface area contributed by atoms with Crippen LogP contribution in [0.1, 0.15) is 31.0 Å². The summed E-state index contributed by atoms with van der Waals surface area (Å²) >= 11 is 3.16. The average Bonchev–Trinajstić information content (AvgIpc) is 3.20. The zero-order chi connectivity index (χ0) is 23.5. The average molecular weight is 523 g/mol. The van der Waals surface area contributed by atoms with E-state index in [4.69, 9.17) is 0 Å². The molecule has 0 fully saturated rings. The van der Waals surface area contributed by atoms with E-state index in [2.05, 4.69) is 31.1 Å². The molecule has 1 unspecified atom stereocenters. The van der Waals surface area contributed by atoms with Crippen LogP contribution in [0.5, 0.6) is 0 Å². The first-order chi connectivity index (χ1) is 15.0. The molecule has 0 aliphatic heterocycles. The van der Waals surface area contributed by atoms with E-state index in [1.54, 1.807) is 63.4 Å². The SMILES string of the molecule is Cn1cc(S(=O)(=O)NCC(NC(=O)C(C)(C)c2cccc(Br)c2F)c2ccccc2)cn1. The van der Waals surface area contributed by atoms with Crippen molar-refractivity contribution in [3.05, 3.63) is 82.3 Å². The van der Waals surface area contributed by atoms with E-state index in [1.165, 1.54) is 17.1 Å². The lowest BCUT2D eigenvalue weighted by Crippen LogP contribution is -2.45. The summed E-state index contributed by atoms with van der Waals surface area (Å²) in [5.74, 6) is -0.954. The summed E-state index contributed by atoms with van der Waals surface area (Å²) in [6, 6.07) is 13.1. The van der Waals surface area contributed by atoms with Gasteiger partial charge in [0.15, 0.2) is 0 Å². The first-order valence-corrected chi connectivity index (χ1v) is 12.1. The monoisotopic (exact) mass is 522 g/mol. The number of amides is 1. The van der Waals surface area contributed by atoms with E-state index < -0.39 is 33.2 Å². The minimum atomic E-state index is -3.83. The minimum Gasteiger partial charge on any atom is -0.347 e. The molecular weight excluding hydrogens is 499 g/mol. The smallest absolute Gasteiger partial charge is 0.243 e. The number of carbonyl (C=O) groups excluding carboxylic acids is 1. The van der Waals surface area contributed by atoms with Gasteiger partial charge in [-0.25, -0.2) is 17.5 Å². The van der Waals surface area contributed by atoms with E-state index >= 15 is 0 Å². The lowest BCUT2D eigenvalue weighted by atomic mass is 9.83. The van der Waals surface area contributed by atoms with Crippen LogP contribution in [0.2, 0.25) is 0 Å². The van der Waals surface area contributed by atoms with Gasteiger partial charge in [0.25, 0.3) is 0 Å². The number of aromatic nitrogens is 2. The molecule has 1 amide bonds. The molecule has 1 aromatic heterocycles. The number of nitrogens with one attached hydrogen (secondary N) is 2. The quantitative estimate of drug-likeness (QED) is 0.473. The number of benzene rings is 2. The van der Waals surface area contributed by atoms with Crippen molar-refractivity contribution in [3.63, 3.8) is 0 Å². The summed E-state index contributed by atoms with van der Waals surface area (Å²) in [5.41, 5.74) is -0.268. The second-order valence-electron chi connectivity index (χ2n) is 7.86. The number of rotatable bonds is 8. The summed E-state index contributed by atoms with van der Waals surface area (Å²) < 4.78 is 44.1. The molecule has 0 radical (unpaired) electrons. The second kappa shape index (κ2) is 9.51. The van der Waals surface area contributed by atoms with Crippen molar-refractivity contribution < 1.29 is 17.6 Å². The minimum absolute atomic E-state index is 0.0228. The number of hydrogen-bond acceptors (Lipinski definition) is 4. The first-order valence-electron chi connectivity index (χ1n) is 9.81. The molecule has 3 rings (SSSR count). The molecule has 10 heteroatoms. The largest absolute Gasteiger partial charge is 0.347 e. The van der Waals surface area contributed by atoms with Gasteiger partial charge in [0.05, 0.1) is 22.1 Å². The maximum absolute atomic E-state index is 14.7. The van der Waals surface area contributed by atoms with Crippen LogP contribution in [0.4, 0.5) is 4.39 Å². The van der Waals surface area contributed by atoms with Crippen molar-refractivity contribution in [2.45, 2.75) is 30.2 Å². The Balaban J connectivity index is 1.85. The topological polar surface area (TPSA) is 93.1 Å². The van der Waals surface area contributed by atoms with Gasteiger partial charge in [0.2, 0.25) is 15.9 Å². The van der Waals surface area contributed by atoms with Crippen LogP contribution in [0.15, 0.2) is 70.3 Å². The van der Waals surface area contributed by atoms with Crippen molar-refractivity contribution in [1.82, 2.24) is 19.8 Å². The molecule has 0 spiro atoms. The van der Waals surface area contributed by atoms with Crippen LogP contribution in [0, 0.1) is 5.82 Å². The second-order valence-corrected chi connectivity index (χ2v) is 10.5. The number of hydrogen-bond donors (Lipinski definition) is 2. The summed E-state index contributed by atoms with van der Waals surface area (Å²) in [6.45, 7) is 3.15. The van der Waals surface area contributed by atoms with E-state index in [0.717, 1.165) is 0 Å². The van der Waals surface area contributed by atoms with Crippen molar-refractivity contribution in [2.24, 2.45) is 7.05 Å². The highest BCUT2D eigenvalue weighted by molar-refractivity contribution is 9.10. The van der Waals surface area contributed by atoms with Crippen LogP contribution in [-0.4, -0.2) is 30.7 Å². The van der Waals surface area contributed by atoms with Crippen molar-refractivity contribution >= 4 is 31.9 Å². The Bertz CT molecular complexity index is 1210. The molecule has 32 heavy (non-hydrogen) atoms. The Hall–Kier alpha value is -2.56. The molecular formula is C22H24BrFN4O3S. The Morgan fingerprint density at radius 2 is 1.88 bits per heavy atom. The lowest BCUT2D eigenvalue weighted by Gasteiger charge is -2.28. The molecule has 0 saturated carbocycles. The molecule has 0 aliphatic carbocycles. The van der Waals surface area contributed by atoms with Crippen LogP contribution >= 0.6 is 15.9 Å². The zero-order valence-corrected chi connectivity index (χ0v) is 20.2. The Morgan fingerprint density at radius 3 is 2.50 bits per heavy atom. The molecule has 0 saturated heterocycles. The van der Waals surface area contributed by atoms with Crippen LogP contribution in [0.3, 0.4) is 0 Å². The van der Waals surface area contributed by atoms with E-state index in [9.17, 15) is 17.6 Å². The molecule has 3 aromatic rings. The van der Waals surface area contributed by atoms with Gasteiger partial charge in [-0.05, 0) is 41.4 Å². The molecule has 7 nitrogen and oxygen atoms in total. The van der Waals surface area contributed by atoms with Gasteiger partial charge in [0, 0.05) is 25.4 Å². The third kappa shape index (κ3) is 5.25. The fourth-order valence-corrected chi connectivity index (χ4v) is 4.60. The van der Waals surface area contributed by atoms with Gasteiger partial charge in [-0.2, -0.15) is 5.10 Å². The number of nitrogens with zero attached hydrogens (tertiary/aromatic N) is 2. The summed E-state index contributed by atoms with van der Waals surface area (Å²) in [7, 11) is -2.21. The molecule has 1 heterocycles. The van der Waals surface area contributed by atoms with Gasteiger partial charge in [-0.1, -0.05) is 42.5 Å². The Kier molecular flexibility index (Phi) is 7.16. The number of aryl methyl sites for hydroxylation is 1. The van der Waals surface area contributed by atoms with Gasteiger partial charge in [0.1, 0.15) is 10.7 Å². The van der Waals surface area contributed by atoms with Crippen molar-refractivity contribution in [2.75, 3.05) is 6.54 Å². The number of halogens is 2. The summed E-state index contributed by atoms with van der Waals surface area (Å²) in [4.78, 5) is 13.2. The highest BCUT2D eigenvalue weighted by Gasteiger charge is 2.34. The van der Waals surface area contributed by atoms with E-state index in [-0.39, 0.29) is 21.5 Å². The molecule has 170 valence electrons. The highest BCUT2D eigenvalue weighted by atomic mass is 79.9. The summed E-state index contributed by atoms with van der Waals surface area (Å²) in [5, 5.41) is 6.77. The fraction of sp³-hybridized carbons (Fsp3) is 0.273. The number of sulfonamides is 1. The van der Waals surface area contributed by atoms with Gasteiger partial charge < -0.3 is 5.32 Å².